The maximum atomic E-state index is 8.98. The van der Waals surface area contributed by atoms with Gasteiger partial charge in [-0.2, -0.15) is 0 Å². The van der Waals surface area contributed by atoms with Crippen LogP contribution in [0.25, 0.3) is 0 Å². The van der Waals surface area contributed by atoms with Crippen LogP contribution in [0.3, 0.4) is 0 Å². The number of rotatable bonds is 1. The van der Waals surface area contributed by atoms with Crippen molar-refractivity contribution in [3.8, 4) is 0 Å². The fraction of sp³-hybridized carbons (Fsp3) is 1.00. The van der Waals surface area contributed by atoms with Crippen molar-refractivity contribution in [3.05, 3.63) is 0 Å². The predicted octanol–water partition coefficient (Wildman–Crippen LogP) is -2.33. The largest absolute Gasteiger partial charge is 0.395 e. The van der Waals surface area contributed by atoms with Gasteiger partial charge in [0.05, 0.1) is 24.9 Å². The quantitative estimate of drug-likeness (QED) is 0.324. The van der Waals surface area contributed by atoms with Crippen LogP contribution in [0.4, 0.5) is 0 Å². The molecule has 0 radical (unpaired) electrons. The van der Waals surface area contributed by atoms with Crippen LogP contribution in [0.15, 0.2) is 0 Å². The van der Waals surface area contributed by atoms with E-state index in [2.05, 4.69) is 5.32 Å². The number of β-amino-alcohol motifs (C(OH)–C–C–N with tert-alkyl or cyclic N) is 1. The summed E-state index contributed by atoms with van der Waals surface area (Å²) in [4.78, 5) is 0. The van der Waals surface area contributed by atoms with Crippen molar-refractivity contribution >= 4 is 0 Å². The zero-order chi connectivity index (χ0) is 6.85. The molecule has 1 aliphatic rings. The molecule has 0 spiro atoms. The molecule has 1 fully saturated rings. The van der Waals surface area contributed by atoms with Gasteiger partial charge in [0.2, 0.25) is 0 Å². The molecular formula is C5H11NO3. The van der Waals surface area contributed by atoms with Crippen LogP contribution < -0.4 is 5.32 Å². The number of aliphatic hydroxyl groups excluding tert-OH is 3. The monoisotopic (exact) mass is 133 g/mol. The lowest BCUT2D eigenvalue weighted by Gasteiger charge is -2.11. The van der Waals surface area contributed by atoms with E-state index in [1.54, 1.807) is 0 Å². The minimum atomic E-state index is -0.810. The molecule has 54 valence electrons. The molecule has 0 aliphatic carbocycles. The number of hydrogen-bond acceptors (Lipinski definition) is 4. The molecule has 0 saturated carbocycles. The topological polar surface area (TPSA) is 72.7 Å². The Hall–Kier alpha value is -0.160. The molecule has 9 heavy (non-hydrogen) atoms. The van der Waals surface area contributed by atoms with Crippen molar-refractivity contribution in [2.24, 2.45) is 0 Å². The van der Waals surface area contributed by atoms with Gasteiger partial charge in [0.1, 0.15) is 0 Å². The Morgan fingerprint density at radius 2 is 2.11 bits per heavy atom. The lowest BCUT2D eigenvalue weighted by atomic mass is 10.1. The van der Waals surface area contributed by atoms with E-state index < -0.39 is 12.2 Å². The standard InChI is InChI=1S/C5H11NO3/c7-2-3-5(9)4(8)1-6-3/h3-9H,1-2H2/t3?,4-,5-/m1/s1. The van der Waals surface area contributed by atoms with E-state index in [1.807, 2.05) is 0 Å². The first-order valence-electron chi connectivity index (χ1n) is 2.96. The van der Waals surface area contributed by atoms with Crippen molar-refractivity contribution in [3.63, 3.8) is 0 Å². The van der Waals surface area contributed by atoms with Crippen LogP contribution in [0.1, 0.15) is 0 Å². The van der Waals surface area contributed by atoms with Crippen molar-refractivity contribution < 1.29 is 15.3 Å². The maximum Gasteiger partial charge on any atom is 0.0986 e. The Morgan fingerprint density at radius 3 is 2.33 bits per heavy atom. The molecule has 4 N–H and O–H groups in total. The van der Waals surface area contributed by atoms with Crippen LogP contribution in [0.2, 0.25) is 0 Å². The van der Waals surface area contributed by atoms with E-state index in [0.717, 1.165) is 0 Å². The zero-order valence-corrected chi connectivity index (χ0v) is 4.99. The molecule has 0 aromatic heterocycles. The lowest BCUT2D eigenvalue weighted by molar-refractivity contribution is 0.0295. The summed E-state index contributed by atoms with van der Waals surface area (Å²) in [6, 6.07) is -0.347. The van der Waals surface area contributed by atoms with Gasteiger partial charge >= 0.3 is 0 Å². The van der Waals surface area contributed by atoms with Gasteiger partial charge in [-0.1, -0.05) is 0 Å². The predicted molar refractivity (Wildman–Crippen MR) is 30.9 cm³/mol. The highest BCUT2D eigenvalue weighted by atomic mass is 16.3. The van der Waals surface area contributed by atoms with Crippen LogP contribution in [-0.2, 0) is 0 Å². The first-order valence-corrected chi connectivity index (χ1v) is 2.96. The normalized spacial score (nSPS) is 43.7. The third kappa shape index (κ3) is 1.21. The molecule has 4 nitrogen and oxygen atoms in total. The molecule has 1 rings (SSSR count). The highest BCUT2D eigenvalue weighted by Crippen LogP contribution is 2.05. The first-order chi connectivity index (χ1) is 4.25. The average molecular weight is 133 g/mol. The van der Waals surface area contributed by atoms with Gasteiger partial charge in [-0.05, 0) is 0 Å². The van der Waals surface area contributed by atoms with Crippen LogP contribution in [0.5, 0.6) is 0 Å². The smallest absolute Gasteiger partial charge is 0.0986 e. The molecule has 1 unspecified atom stereocenters. The van der Waals surface area contributed by atoms with E-state index in [4.69, 9.17) is 15.3 Å². The molecule has 1 saturated heterocycles. The maximum absolute atomic E-state index is 8.98. The Labute approximate surface area is 53.1 Å². The summed E-state index contributed by atoms with van der Waals surface area (Å²) in [7, 11) is 0. The van der Waals surface area contributed by atoms with Gasteiger partial charge in [0.25, 0.3) is 0 Å². The minimum Gasteiger partial charge on any atom is -0.395 e. The SMILES string of the molecule is OCC1NC[C@@H](O)[C@@H]1O. The number of aliphatic hydroxyl groups is 3. The van der Waals surface area contributed by atoms with Gasteiger partial charge in [-0.15, -0.1) is 0 Å². The molecule has 1 heterocycles. The minimum absolute atomic E-state index is 0.127. The summed E-state index contributed by atoms with van der Waals surface area (Å²) in [5.41, 5.74) is 0. The second-order valence-electron chi connectivity index (χ2n) is 2.26. The van der Waals surface area contributed by atoms with Crippen molar-refractivity contribution in [1.82, 2.24) is 5.32 Å². The zero-order valence-electron chi connectivity index (χ0n) is 4.99. The molecule has 0 aromatic carbocycles. The fourth-order valence-electron chi connectivity index (χ4n) is 0.954. The highest BCUT2D eigenvalue weighted by Gasteiger charge is 2.31. The summed E-state index contributed by atoms with van der Waals surface area (Å²) in [5, 5.41) is 29.1. The Bertz CT molecular complexity index is 98.2. The Morgan fingerprint density at radius 1 is 1.44 bits per heavy atom. The molecule has 0 aromatic rings. The summed E-state index contributed by atoms with van der Waals surface area (Å²) in [6.45, 7) is 0.241. The van der Waals surface area contributed by atoms with Crippen LogP contribution in [0, 0.1) is 0 Å². The Kier molecular flexibility index (Phi) is 2.02. The van der Waals surface area contributed by atoms with Gasteiger partial charge < -0.3 is 20.6 Å². The van der Waals surface area contributed by atoms with E-state index >= 15 is 0 Å². The third-order valence-corrected chi connectivity index (χ3v) is 1.59. The van der Waals surface area contributed by atoms with Crippen LogP contribution >= 0.6 is 0 Å². The summed E-state index contributed by atoms with van der Waals surface area (Å²) in [5.74, 6) is 0. The second-order valence-corrected chi connectivity index (χ2v) is 2.26. The molecule has 0 amide bonds. The summed E-state index contributed by atoms with van der Waals surface area (Å²) >= 11 is 0. The van der Waals surface area contributed by atoms with E-state index in [1.165, 1.54) is 0 Å². The third-order valence-electron chi connectivity index (χ3n) is 1.59. The molecule has 1 aliphatic heterocycles. The van der Waals surface area contributed by atoms with Gasteiger partial charge in [-0.3, -0.25) is 0 Å². The first kappa shape index (κ1) is 6.95. The molecule has 0 bridgehead atoms. The van der Waals surface area contributed by atoms with Crippen molar-refractivity contribution in [2.75, 3.05) is 13.2 Å². The Balaban J connectivity index is 2.41. The van der Waals surface area contributed by atoms with E-state index in [0.29, 0.717) is 6.54 Å². The highest BCUT2D eigenvalue weighted by molar-refractivity contribution is 4.89. The van der Waals surface area contributed by atoms with Crippen molar-refractivity contribution in [2.45, 2.75) is 18.2 Å². The molecule has 4 heteroatoms. The van der Waals surface area contributed by atoms with Gasteiger partial charge in [0.15, 0.2) is 0 Å². The lowest BCUT2D eigenvalue weighted by Crippen LogP contribution is -2.35. The van der Waals surface area contributed by atoms with Crippen LogP contribution in [-0.4, -0.2) is 46.7 Å². The molecule has 3 atom stereocenters. The van der Waals surface area contributed by atoms with Crippen molar-refractivity contribution in [1.29, 1.82) is 0 Å². The summed E-state index contributed by atoms with van der Waals surface area (Å²) < 4.78 is 0. The molecular weight excluding hydrogens is 122 g/mol. The second kappa shape index (κ2) is 2.62. The average Bonchev–Trinajstić information content (AvgIpc) is 2.15. The van der Waals surface area contributed by atoms with E-state index in [-0.39, 0.29) is 12.6 Å². The number of hydrogen-bond donors (Lipinski definition) is 4. The summed E-state index contributed by atoms with van der Waals surface area (Å²) in [6.07, 6.45) is -1.53. The van der Waals surface area contributed by atoms with Gasteiger partial charge in [0, 0.05) is 6.54 Å². The van der Waals surface area contributed by atoms with Gasteiger partial charge in [-0.25, -0.2) is 0 Å². The van der Waals surface area contributed by atoms with E-state index in [9.17, 15) is 0 Å². The number of nitrogens with one attached hydrogen (secondary N) is 1. The fourth-order valence-corrected chi connectivity index (χ4v) is 0.954.